The van der Waals surface area contributed by atoms with Crippen LogP contribution < -0.4 is 10.1 Å². The van der Waals surface area contributed by atoms with Gasteiger partial charge in [-0.15, -0.1) is 0 Å². The van der Waals surface area contributed by atoms with Crippen LogP contribution in [-0.4, -0.2) is 25.7 Å². The molecule has 0 bridgehead atoms. The first-order chi connectivity index (χ1) is 11.2. The van der Waals surface area contributed by atoms with Crippen molar-refractivity contribution in [2.45, 2.75) is 13.5 Å². The maximum Gasteiger partial charge on any atom is 0.251 e. The Labute approximate surface area is 141 Å². The average Bonchev–Trinajstić information content (AvgIpc) is 2.58. The van der Waals surface area contributed by atoms with Crippen molar-refractivity contribution in [2.24, 2.45) is 0 Å². The van der Waals surface area contributed by atoms with E-state index in [4.69, 9.17) is 21.1 Å². The summed E-state index contributed by atoms with van der Waals surface area (Å²) >= 11 is 6.08. The van der Waals surface area contributed by atoms with Crippen molar-refractivity contribution in [2.75, 3.05) is 19.8 Å². The number of amides is 1. The lowest BCUT2D eigenvalue weighted by molar-refractivity contribution is 0.0949. The fourth-order valence-electron chi connectivity index (χ4n) is 2.01. The molecule has 23 heavy (non-hydrogen) atoms. The average molecular weight is 334 g/mol. The molecular weight excluding hydrogens is 314 g/mol. The molecule has 0 aliphatic rings. The fourth-order valence-corrected chi connectivity index (χ4v) is 2.21. The van der Waals surface area contributed by atoms with Gasteiger partial charge in [0, 0.05) is 23.7 Å². The van der Waals surface area contributed by atoms with Gasteiger partial charge in [-0.3, -0.25) is 4.79 Å². The van der Waals surface area contributed by atoms with E-state index < -0.39 is 0 Å². The number of hydrogen-bond acceptors (Lipinski definition) is 3. The zero-order valence-corrected chi connectivity index (χ0v) is 13.8. The number of nitrogens with one attached hydrogen (secondary N) is 1. The zero-order chi connectivity index (χ0) is 16.5. The maximum atomic E-state index is 12.2. The molecule has 122 valence electrons. The SMILES string of the molecule is CCOCCOc1cccc(C(=O)NCc2ccccc2Cl)c1. The Kier molecular flexibility index (Phi) is 6.91. The molecule has 1 N–H and O–H groups in total. The van der Waals surface area contributed by atoms with Gasteiger partial charge in [0.15, 0.2) is 0 Å². The van der Waals surface area contributed by atoms with Crippen LogP contribution in [0.25, 0.3) is 0 Å². The Hall–Kier alpha value is -2.04. The van der Waals surface area contributed by atoms with Crippen molar-refractivity contribution in [3.8, 4) is 5.75 Å². The summed E-state index contributed by atoms with van der Waals surface area (Å²) in [6, 6.07) is 14.5. The van der Waals surface area contributed by atoms with Crippen molar-refractivity contribution in [3.05, 3.63) is 64.7 Å². The number of halogens is 1. The summed E-state index contributed by atoms with van der Waals surface area (Å²) in [7, 11) is 0. The van der Waals surface area contributed by atoms with E-state index >= 15 is 0 Å². The summed E-state index contributed by atoms with van der Waals surface area (Å²) in [5.41, 5.74) is 1.43. The molecule has 0 heterocycles. The van der Waals surface area contributed by atoms with Crippen LogP contribution in [0.1, 0.15) is 22.8 Å². The second kappa shape index (κ2) is 9.18. The molecule has 1 amide bonds. The molecule has 2 rings (SSSR count). The van der Waals surface area contributed by atoms with E-state index in [-0.39, 0.29) is 5.91 Å². The molecule has 0 aliphatic carbocycles. The lowest BCUT2D eigenvalue weighted by atomic mass is 10.2. The Bertz CT molecular complexity index is 646. The predicted octanol–water partition coefficient (Wildman–Crippen LogP) is 3.69. The van der Waals surface area contributed by atoms with Gasteiger partial charge < -0.3 is 14.8 Å². The van der Waals surface area contributed by atoms with E-state index in [9.17, 15) is 4.79 Å². The molecule has 0 aromatic heterocycles. The van der Waals surface area contributed by atoms with Crippen LogP contribution in [0.2, 0.25) is 5.02 Å². The third kappa shape index (κ3) is 5.58. The first kappa shape index (κ1) is 17.3. The molecule has 2 aromatic carbocycles. The van der Waals surface area contributed by atoms with Crippen LogP contribution in [0.5, 0.6) is 5.75 Å². The molecule has 0 saturated carbocycles. The van der Waals surface area contributed by atoms with Gasteiger partial charge in [-0.25, -0.2) is 0 Å². The second-order valence-electron chi connectivity index (χ2n) is 4.85. The first-order valence-electron chi connectivity index (χ1n) is 7.53. The summed E-state index contributed by atoms with van der Waals surface area (Å²) in [6.45, 7) is 3.96. The number of hydrogen-bond donors (Lipinski definition) is 1. The monoisotopic (exact) mass is 333 g/mol. The highest BCUT2D eigenvalue weighted by molar-refractivity contribution is 6.31. The smallest absolute Gasteiger partial charge is 0.251 e. The van der Waals surface area contributed by atoms with Crippen LogP contribution >= 0.6 is 11.6 Å². The van der Waals surface area contributed by atoms with Gasteiger partial charge in [-0.2, -0.15) is 0 Å². The zero-order valence-electron chi connectivity index (χ0n) is 13.0. The summed E-state index contributed by atoms with van der Waals surface area (Å²) in [5, 5.41) is 3.50. The fraction of sp³-hybridized carbons (Fsp3) is 0.278. The molecule has 2 aromatic rings. The predicted molar refractivity (Wildman–Crippen MR) is 91.1 cm³/mol. The van der Waals surface area contributed by atoms with Crippen LogP contribution in [0.15, 0.2) is 48.5 Å². The molecule has 0 aliphatic heterocycles. The number of rotatable bonds is 8. The number of benzene rings is 2. The third-order valence-corrected chi connectivity index (χ3v) is 3.56. The van der Waals surface area contributed by atoms with Crippen molar-refractivity contribution < 1.29 is 14.3 Å². The van der Waals surface area contributed by atoms with Gasteiger partial charge in [0.1, 0.15) is 12.4 Å². The van der Waals surface area contributed by atoms with E-state index in [0.29, 0.717) is 42.7 Å². The largest absolute Gasteiger partial charge is 0.491 e. The van der Waals surface area contributed by atoms with E-state index in [0.717, 1.165) is 5.56 Å². The lowest BCUT2D eigenvalue weighted by Gasteiger charge is -2.09. The quantitative estimate of drug-likeness (QED) is 0.749. The lowest BCUT2D eigenvalue weighted by Crippen LogP contribution is -2.23. The minimum absolute atomic E-state index is 0.167. The van der Waals surface area contributed by atoms with Gasteiger partial charge in [0.25, 0.3) is 5.91 Å². The molecule has 4 nitrogen and oxygen atoms in total. The molecule has 5 heteroatoms. The Morgan fingerprint density at radius 2 is 1.96 bits per heavy atom. The highest BCUT2D eigenvalue weighted by atomic mass is 35.5. The van der Waals surface area contributed by atoms with Crippen molar-refractivity contribution in [1.82, 2.24) is 5.32 Å². The van der Waals surface area contributed by atoms with Crippen LogP contribution in [0, 0.1) is 0 Å². The van der Waals surface area contributed by atoms with Crippen LogP contribution in [0.3, 0.4) is 0 Å². The minimum Gasteiger partial charge on any atom is -0.491 e. The number of carbonyl (C=O) groups is 1. The van der Waals surface area contributed by atoms with Gasteiger partial charge >= 0.3 is 0 Å². The number of ether oxygens (including phenoxy) is 2. The van der Waals surface area contributed by atoms with E-state index in [2.05, 4.69) is 5.32 Å². The standard InChI is InChI=1S/C18H20ClNO3/c1-2-22-10-11-23-16-8-5-7-14(12-16)18(21)20-13-15-6-3-4-9-17(15)19/h3-9,12H,2,10-11,13H2,1H3,(H,20,21). The summed E-state index contributed by atoms with van der Waals surface area (Å²) in [4.78, 5) is 12.2. The van der Waals surface area contributed by atoms with Gasteiger partial charge in [0.2, 0.25) is 0 Å². The molecular formula is C18H20ClNO3. The van der Waals surface area contributed by atoms with Crippen molar-refractivity contribution in [3.63, 3.8) is 0 Å². The Morgan fingerprint density at radius 1 is 1.13 bits per heavy atom. The van der Waals surface area contributed by atoms with Crippen molar-refractivity contribution in [1.29, 1.82) is 0 Å². The summed E-state index contributed by atoms with van der Waals surface area (Å²) in [5.74, 6) is 0.482. The third-order valence-electron chi connectivity index (χ3n) is 3.19. The highest BCUT2D eigenvalue weighted by Crippen LogP contribution is 2.16. The molecule has 0 saturated heterocycles. The number of carbonyl (C=O) groups excluding carboxylic acids is 1. The van der Waals surface area contributed by atoms with E-state index in [1.165, 1.54) is 0 Å². The maximum absolute atomic E-state index is 12.2. The molecule has 0 radical (unpaired) electrons. The highest BCUT2D eigenvalue weighted by Gasteiger charge is 2.07. The molecule has 0 spiro atoms. The minimum atomic E-state index is -0.167. The molecule has 0 unspecified atom stereocenters. The topological polar surface area (TPSA) is 47.6 Å². The first-order valence-corrected chi connectivity index (χ1v) is 7.90. The Balaban J connectivity index is 1.90. The van der Waals surface area contributed by atoms with Gasteiger partial charge in [-0.1, -0.05) is 35.9 Å². The van der Waals surface area contributed by atoms with Gasteiger partial charge in [0.05, 0.1) is 6.61 Å². The van der Waals surface area contributed by atoms with Crippen LogP contribution in [0.4, 0.5) is 0 Å². The summed E-state index contributed by atoms with van der Waals surface area (Å²) in [6.07, 6.45) is 0. The summed E-state index contributed by atoms with van der Waals surface area (Å²) < 4.78 is 10.8. The Morgan fingerprint density at radius 3 is 2.74 bits per heavy atom. The van der Waals surface area contributed by atoms with E-state index in [1.54, 1.807) is 24.3 Å². The molecule has 0 atom stereocenters. The molecule has 0 fully saturated rings. The van der Waals surface area contributed by atoms with E-state index in [1.807, 2.05) is 31.2 Å². The second-order valence-corrected chi connectivity index (χ2v) is 5.25. The van der Waals surface area contributed by atoms with Crippen molar-refractivity contribution >= 4 is 17.5 Å². The normalized spacial score (nSPS) is 10.3. The van der Waals surface area contributed by atoms with Crippen LogP contribution in [-0.2, 0) is 11.3 Å². The van der Waals surface area contributed by atoms with Gasteiger partial charge in [-0.05, 0) is 36.8 Å².